The molecule has 132 valence electrons. The standard InChI is InChI=1S/C16H22N2O5S/c1-23-16(20)12-6-3-7-13(17-9-5-11-24(2,21)22)15(12)18-10-4-8-14(18)19/h3,6-7,17H,4-5,8-11H2,1-2H3. The number of anilines is 2. The number of amides is 1. The Labute approximate surface area is 141 Å². The van der Waals surface area contributed by atoms with Gasteiger partial charge in [0.15, 0.2) is 0 Å². The summed E-state index contributed by atoms with van der Waals surface area (Å²) in [6.07, 6.45) is 2.82. The van der Waals surface area contributed by atoms with E-state index in [4.69, 9.17) is 4.74 Å². The summed E-state index contributed by atoms with van der Waals surface area (Å²) in [5.74, 6) is -0.468. The number of nitrogens with zero attached hydrogens (tertiary/aromatic N) is 1. The summed E-state index contributed by atoms with van der Waals surface area (Å²) in [5.41, 5.74) is 1.45. The Bertz CT molecular complexity index is 730. The van der Waals surface area contributed by atoms with Gasteiger partial charge in [-0.25, -0.2) is 13.2 Å². The molecule has 1 saturated heterocycles. The summed E-state index contributed by atoms with van der Waals surface area (Å²) in [7, 11) is -1.72. The van der Waals surface area contributed by atoms with Gasteiger partial charge in [0.05, 0.1) is 29.8 Å². The average Bonchev–Trinajstić information content (AvgIpc) is 2.95. The summed E-state index contributed by atoms with van der Waals surface area (Å²) in [4.78, 5) is 25.8. The molecule has 1 aromatic rings. The number of carbonyl (C=O) groups excluding carboxylic acids is 2. The lowest BCUT2D eigenvalue weighted by molar-refractivity contribution is -0.117. The Morgan fingerprint density at radius 3 is 2.71 bits per heavy atom. The van der Waals surface area contributed by atoms with Crippen LogP contribution in [0.2, 0.25) is 0 Å². The lowest BCUT2D eigenvalue weighted by Crippen LogP contribution is -2.27. The zero-order valence-corrected chi connectivity index (χ0v) is 14.7. The van der Waals surface area contributed by atoms with Crippen molar-refractivity contribution in [3.05, 3.63) is 23.8 Å². The van der Waals surface area contributed by atoms with Crippen molar-refractivity contribution in [2.45, 2.75) is 19.3 Å². The molecule has 2 rings (SSSR count). The van der Waals surface area contributed by atoms with E-state index >= 15 is 0 Å². The first-order chi connectivity index (χ1) is 11.3. The molecule has 0 spiro atoms. The molecular weight excluding hydrogens is 332 g/mol. The number of benzene rings is 1. The number of carbonyl (C=O) groups is 2. The third-order valence-corrected chi connectivity index (χ3v) is 4.82. The minimum Gasteiger partial charge on any atom is -0.465 e. The maximum Gasteiger partial charge on any atom is 0.340 e. The molecule has 0 saturated carbocycles. The molecule has 1 aromatic carbocycles. The van der Waals surface area contributed by atoms with E-state index in [1.54, 1.807) is 23.1 Å². The van der Waals surface area contributed by atoms with Gasteiger partial charge in [0, 0.05) is 25.8 Å². The van der Waals surface area contributed by atoms with Crippen molar-refractivity contribution in [2.75, 3.05) is 42.4 Å². The molecule has 0 aliphatic carbocycles. The lowest BCUT2D eigenvalue weighted by atomic mass is 10.1. The zero-order chi connectivity index (χ0) is 17.7. The number of hydrogen-bond donors (Lipinski definition) is 1. The van der Waals surface area contributed by atoms with Crippen LogP contribution in [0.3, 0.4) is 0 Å². The quantitative estimate of drug-likeness (QED) is 0.588. The largest absolute Gasteiger partial charge is 0.465 e. The molecule has 0 atom stereocenters. The Kier molecular flexibility index (Phi) is 5.82. The first-order valence-electron chi connectivity index (χ1n) is 7.77. The maximum atomic E-state index is 12.1. The summed E-state index contributed by atoms with van der Waals surface area (Å²) in [5, 5.41) is 3.14. The van der Waals surface area contributed by atoms with E-state index in [-0.39, 0.29) is 11.7 Å². The minimum atomic E-state index is -3.02. The van der Waals surface area contributed by atoms with Crippen molar-refractivity contribution in [1.29, 1.82) is 0 Å². The third kappa shape index (κ3) is 4.47. The van der Waals surface area contributed by atoms with Gasteiger partial charge in [-0.15, -0.1) is 0 Å². The highest BCUT2D eigenvalue weighted by Crippen LogP contribution is 2.33. The maximum absolute atomic E-state index is 12.1. The van der Waals surface area contributed by atoms with Crippen LogP contribution in [-0.4, -0.2) is 52.5 Å². The van der Waals surface area contributed by atoms with E-state index < -0.39 is 15.8 Å². The van der Waals surface area contributed by atoms with Crippen LogP contribution < -0.4 is 10.2 Å². The summed E-state index contributed by atoms with van der Waals surface area (Å²) < 4.78 is 27.2. The Hall–Kier alpha value is -2.09. The van der Waals surface area contributed by atoms with Crippen molar-refractivity contribution >= 4 is 33.1 Å². The van der Waals surface area contributed by atoms with Gasteiger partial charge >= 0.3 is 5.97 Å². The van der Waals surface area contributed by atoms with Crippen LogP contribution in [0.15, 0.2) is 18.2 Å². The number of ether oxygens (including phenoxy) is 1. The molecule has 1 heterocycles. The highest BCUT2D eigenvalue weighted by molar-refractivity contribution is 7.90. The van der Waals surface area contributed by atoms with Crippen molar-refractivity contribution in [2.24, 2.45) is 0 Å². The van der Waals surface area contributed by atoms with Gasteiger partial charge in [-0.1, -0.05) is 6.07 Å². The molecule has 7 nitrogen and oxygen atoms in total. The number of hydrogen-bond acceptors (Lipinski definition) is 6. The van der Waals surface area contributed by atoms with Gasteiger partial charge < -0.3 is 15.0 Å². The second kappa shape index (κ2) is 7.65. The Morgan fingerprint density at radius 1 is 1.38 bits per heavy atom. The topological polar surface area (TPSA) is 92.8 Å². The molecule has 0 radical (unpaired) electrons. The monoisotopic (exact) mass is 354 g/mol. The van der Waals surface area contributed by atoms with E-state index in [0.717, 1.165) is 6.42 Å². The number of esters is 1. The molecule has 1 aliphatic heterocycles. The van der Waals surface area contributed by atoms with Gasteiger partial charge in [-0.05, 0) is 25.0 Å². The smallest absolute Gasteiger partial charge is 0.340 e. The van der Waals surface area contributed by atoms with E-state index in [1.807, 2.05) is 0 Å². The predicted molar refractivity (Wildman–Crippen MR) is 92.2 cm³/mol. The molecule has 0 unspecified atom stereocenters. The summed E-state index contributed by atoms with van der Waals surface area (Å²) in [6.45, 7) is 0.970. The second-order valence-electron chi connectivity index (χ2n) is 5.75. The van der Waals surface area contributed by atoms with E-state index in [0.29, 0.717) is 42.9 Å². The van der Waals surface area contributed by atoms with Crippen LogP contribution in [0, 0.1) is 0 Å². The van der Waals surface area contributed by atoms with Crippen LogP contribution >= 0.6 is 0 Å². The minimum absolute atomic E-state index is 0.0365. The molecule has 24 heavy (non-hydrogen) atoms. The molecule has 1 N–H and O–H groups in total. The second-order valence-corrected chi connectivity index (χ2v) is 8.01. The fourth-order valence-electron chi connectivity index (χ4n) is 2.69. The number of rotatable bonds is 7. The molecule has 1 fully saturated rings. The van der Waals surface area contributed by atoms with Gasteiger partial charge in [0.2, 0.25) is 5.91 Å². The first kappa shape index (κ1) is 18.3. The van der Waals surface area contributed by atoms with Gasteiger partial charge in [-0.2, -0.15) is 0 Å². The zero-order valence-electron chi connectivity index (χ0n) is 13.9. The summed E-state index contributed by atoms with van der Waals surface area (Å²) >= 11 is 0. The first-order valence-corrected chi connectivity index (χ1v) is 9.83. The fourth-order valence-corrected chi connectivity index (χ4v) is 3.36. The van der Waals surface area contributed by atoms with Crippen molar-refractivity contribution < 1.29 is 22.7 Å². The number of methoxy groups -OCH3 is 1. The molecule has 8 heteroatoms. The Morgan fingerprint density at radius 2 is 2.12 bits per heavy atom. The van der Waals surface area contributed by atoms with Crippen LogP contribution in [0.4, 0.5) is 11.4 Å². The van der Waals surface area contributed by atoms with Crippen molar-refractivity contribution in [3.8, 4) is 0 Å². The molecule has 1 amide bonds. The number of sulfone groups is 1. The Balaban J connectivity index is 2.26. The van der Waals surface area contributed by atoms with Crippen LogP contribution in [0.5, 0.6) is 0 Å². The van der Waals surface area contributed by atoms with Gasteiger partial charge in [-0.3, -0.25) is 4.79 Å². The average molecular weight is 354 g/mol. The van der Waals surface area contributed by atoms with E-state index in [2.05, 4.69) is 5.32 Å². The molecule has 0 bridgehead atoms. The third-order valence-electron chi connectivity index (χ3n) is 3.79. The van der Waals surface area contributed by atoms with Gasteiger partial charge in [0.25, 0.3) is 0 Å². The summed E-state index contributed by atoms with van der Waals surface area (Å²) in [6, 6.07) is 5.09. The number of nitrogens with one attached hydrogen (secondary N) is 1. The normalized spacial score (nSPS) is 14.8. The van der Waals surface area contributed by atoms with Crippen LogP contribution in [0.25, 0.3) is 0 Å². The molecule has 0 aromatic heterocycles. The van der Waals surface area contributed by atoms with Crippen molar-refractivity contribution in [1.82, 2.24) is 0 Å². The lowest BCUT2D eigenvalue weighted by Gasteiger charge is -2.23. The van der Waals surface area contributed by atoms with Crippen LogP contribution in [0.1, 0.15) is 29.6 Å². The SMILES string of the molecule is COC(=O)c1cccc(NCCCS(C)(=O)=O)c1N1CCCC1=O. The van der Waals surface area contributed by atoms with Gasteiger partial charge in [0.1, 0.15) is 9.84 Å². The van der Waals surface area contributed by atoms with E-state index in [1.165, 1.54) is 13.4 Å². The highest BCUT2D eigenvalue weighted by Gasteiger charge is 2.28. The number of para-hydroxylation sites is 1. The van der Waals surface area contributed by atoms with Crippen LogP contribution in [-0.2, 0) is 19.4 Å². The fraction of sp³-hybridized carbons (Fsp3) is 0.500. The van der Waals surface area contributed by atoms with E-state index in [9.17, 15) is 18.0 Å². The predicted octanol–water partition coefficient (Wildman–Crippen LogP) is 1.45. The molecule has 1 aliphatic rings. The molecular formula is C16H22N2O5S. The highest BCUT2D eigenvalue weighted by atomic mass is 32.2. The van der Waals surface area contributed by atoms with Crippen molar-refractivity contribution in [3.63, 3.8) is 0 Å².